The Morgan fingerprint density at radius 3 is 2.42 bits per heavy atom. The van der Waals surface area contributed by atoms with Crippen LogP contribution in [0.5, 0.6) is 0 Å². The molecule has 26 heavy (non-hydrogen) atoms. The first-order valence-corrected chi connectivity index (χ1v) is 8.65. The molecule has 0 unspecified atom stereocenters. The number of nitrogens with one attached hydrogen (secondary N) is 2. The summed E-state index contributed by atoms with van der Waals surface area (Å²) in [5.74, 6) is 0.640. The van der Waals surface area contributed by atoms with E-state index >= 15 is 0 Å². The molecule has 0 saturated heterocycles. The number of benzene rings is 1. The van der Waals surface area contributed by atoms with E-state index in [-0.39, 0.29) is 42.0 Å². The lowest BCUT2D eigenvalue weighted by Gasteiger charge is -2.19. The second kappa shape index (κ2) is 12.1. The molecule has 0 heterocycles. The molecule has 0 saturated carbocycles. The Labute approximate surface area is 174 Å². The third-order valence-electron chi connectivity index (χ3n) is 3.33. The molecule has 0 aliphatic carbocycles. The molecule has 6 nitrogen and oxygen atoms in total. The minimum Gasteiger partial charge on any atom is -0.371 e. The van der Waals surface area contributed by atoms with Crippen molar-refractivity contribution in [2.24, 2.45) is 4.99 Å². The van der Waals surface area contributed by atoms with Gasteiger partial charge in [0.25, 0.3) is 0 Å². The first-order valence-electron chi connectivity index (χ1n) is 8.65. The van der Waals surface area contributed by atoms with Gasteiger partial charge in [-0.25, -0.2) is 4.99 Å². The highest BCUT2D eigenvalue weighted by Gasteiger charge is 2.10. The van der Waals surface area contributed by atoms with Crippen molar-refractivity contribution in [3.8, 4) is 0 Å². The summed E-state index contributed by atoms with van der Waals surface area (Å²) in [5, 5.41) is 6.20. The SMILES string of the molecule is CCNC(=NCc1cccc(COC(C)(C)C)c1)NCC(=O)N(C)C.I. The van der Waals surface area contributed by atoms with Gasteiger partial charge < -0.3 is 20.3 Å². The molecular weight excluding hydrogens is 443 g/mol. The average Bonchev–Trinajstić information content (AvgIpc) is 2.55. The quantitative estimate of drug-likeness (QED) is 0.361. The van der Waals surface area contributed by atoms with Crippen molar-refractivity contribution in [2.75, 3.05) is 27.2 Å². The van der Waals surface area contributed by atoms with Crippen LogP contribution in [0.2, 0.25) is 0 Å². The van der Waals surface area contributed by atoms with E-state index in [9.17, 15) is 4.79 Å². The van der Waals surface area contributed by atoms with E-state index < -0.39 is 0 Å². The Bertz CT molecular complexity index is 583. The predicted molar refractivity (Wildman–Crippen MR) is 118 cm³/mol. The lowest BCUT2D eigenvalue weighted by molar-refractivity contribution is -0.127. The molecule has 0 aliphatic heterocycles. The highest BCUT2D eigenvalue weighted by atomic mass is 127. The van der Waals surface area contributed by atoms with Crippen LogP contribution in [0.1, 0.15) is 38.8 Å². The molecule has 1 aromatic rings. The first-order chi connectivity index (χ1) is 11.7. The van der Waals surface area contributed by atoms with E-state index in [4.69, 9.17) is 4.74 Å². The van der Waals surface area contributed by atoms with Crippen LogP contribution in [-0.4, -0.2) is 49.6 Å². The van der Waals surface area contributed by atoms with Crippen molar-refractivity contribution in [1.29, 1.82) is 0 Å². The maximum absolute atomic E-state index is 11.7. The number of likely N-dealkylation sites (N-methyl/N-ethyl adjacent to an activating group) is 1. The minimum absolute atomic E-state index is 0. The van der Waals surface area contributed by atoms with Crippen molar-refractivity contribution in [3.05, 3.63) is 35.4 Å². The smallest absolute Gasteiger partial charge is 0.241 e. The molecular formula is C19H33IN4O2. The van der Waals surface area contributed by atoms with Gasteiger partial charge in [-0.2, -0.15) is 0 Å². The predicted octanol–water partition coefficient (Wildman–Crippen LogP) is 2.76. The van der Waals surface area contributed by atoms with E-state index in [2.05, 4.69) is 27.8 Å². The van der Waals surface area contributed by atoms with Gasteiger partial charge in [-0.3, -0.25) is 4.79 Å². The van der Waals surface area contributed by atoms with Crippen LogP contribution >= 0.6 is 24.0 Å². The highest BCUT2D eigenvalue weighted by molar-refractivity contribution is 14.0. The number of amides is 1. The average molecular weight is 476 g/mol. The maximum atomic E-state index is 11.7. The van der Waals surface area contributed by atoms with Crippen molar-refractivity contribution in [2.45, 2.75) is 46.4 Å². The molecule has 0 atom stereocenters. The van der Waals surface area contributed by atoms with E-state index in [0.717, 1.165) is 17.7 Å². The van der Waals surface area contributed by atoms with Crippen molar-refractivity contribution < 1.29 is 9.53 Å². The van der Waals surface area contributed by atoms with Crippen molar-refractivity contribution in [3.63, 3.8) is 0 Å². The van der Waals surface area contributed by atoms with Crippen LogP contribution in [0.15, 0.2) is 29.3 Å². The summed E-state index contributed by atoms with van der Waals surface area (Å²) >= 11 is 0. The highest BCUT2D eigenvalue weighted by Crippen LogP contribution is 2.13. The second-order valence-electron chi connectivity index (χ2n) is 7.06. The molecule has 2 N–H and O–H groups in total. The molecule has 0 fully saturated rings. The zero-order valence-electron chi connectivity index (χ0n) is 16.8. The Morgan fingerprint density at radius 2 is 1.85 bits per heavy atom. The molecule has 0 aliphatic rings. The summed E-state index contributed by atoms with van der Waals surface area (Å²) in [4.78, 5) is 17.8. The Hall–Kier alpha value is -1.35. The van der Waals surface area contributed by atoms with E-state index in [1.165, 1.54) is 0 Å². The Morgan fingerprint density at radius 1 is 1.19 bits per heavy atom. The van der Waals surface area contributed by atoms with E-state index in [1.807, 2.05) is 39.8 Å². The molecule has 0 aromatic heterocycles. The Kier molecular flexibility index (Phi) is 11.5. The molecule has 1 rings (SSSR count). The van der Waals surface area contributed by atoms with Crippen molar-refractivity contribution in [1.82, 2.24) is 15.5 Å². The number of carbonyl (C=O) groups is 1. The van der Waals surface area contributed by atoms with E-state index in [0.29, 0.717) is 19.1 Å². The number of hydrogen-bond donors (Lipinski definition) is 2. The monoisotopic (exact) mass is 476 g/mol. The van der Waals surface area contributed by atoms with Crippen LogP contribution in [0, 0.1) is 0 Å². The van der Waals surface area contributed by atoms with Crippen LogP contribution in [0.3, 0.4) is 0 Å². The molecule has 0 radical (unpaired) electrons. The number of nitrogens with zero attached hydrogens (tertiary/aromatic N) is 2. The number of guanidine groups is 1. The number of carbonyl (C=O) groups excluding carboxylic acids is 1. The largest absolute Gasteiger partial charge is 0.371 e. The first kappa shape index (κ1) is 24.7. The third-order valence-corrected chi connectivity index (χ3v) is 3.33. The third kappa shape index (κ3) is 10.6. The van der Waals surface area contributed by atoms with Gasteiger partial charge >= 0.3 is 0 Å². The number of ether oxygens (including phenoxy) is 1. The second-order valence-corrected chi connectivity index (χ2v) is 7.06. The topological polar surface area (TPSA) is 66.0 Å². The molecule has 148 valence electrons. The molecule has 1 amide bonds. The fraction of sp³-hybridized carbons (Fsp3) is 0.579. The van der Waals surface area contributed by atoms with Crippen LogP contribution in [0.4, 0.5) is 0 Å². The van der Waals surface area contributed by atoms with Crippen LogP contribution in [0.25, 0.3) is 0 Å². The summed E-state index contributed by atoms with van der Waals surface area (Å²) in [6.07, 6.45) is 0. The summed E-state index contributed by atoms with van der Waals surface area (Å²) in [6.45, 7) is 10.2. The molecule has 7 heteroatoms. The lowest BCUT2D eigenvalue weighted by atomic mass is 10.1. The zero-order chi connectivity index (χ0) is 18.9. The molecule has 0 bridgehead atoms. The van der Waals surface area contributed by atoms with E-state index in [1.54, 1.807) is 19.0 Å². The van der Waals surface area contributed by atoms with Gasteiger partial charge in [0.05, 0.1) is 25.3 Å². The van der Waals surface area contributed by atoms with Gasteiger partial charge in [0.1, 0.15) is 0 Å². The zero-order valence-corrected chi connectivity index (χ0v) is 19.1. The summed E-state index contributed by atoms with van der Waals surface area (Å²) in [7, 11) is 3.47. The van der Waals surface area contributed by atoms with Gasteiger partial charge in [0.15, 0.2) is 5.96 Å². The Balaban J connectivity index is 0.00000625. The van der Waals surface area contributed by atoms with Gasteiger partial charge in [-0.05, 0) is 38.8 Å². The summed E-state index contributed by atoms with van der Waals surface area (Å²) in [5.41, 5.74) is 2.07. The van der Waals surface area contributed by atoms with Gasteiger partial charge in [0, 0.05) is 20.6 Å². The van der Waals surface area contributed by atoms with Crippen LogP contribution in [-0.2, 0) is 22.7 Å². The number of hydrogen-bond acceptors (Lipinski definition) is 3. The fourth-order valence-electron chi connectivity index (χ4n) is 1.95. The molecule has 1 aromatic carbocycles. The standard InChI is InChI=1S/C19H32N4O2.HI/c1-7-20-18(22-13-17(24)23(5)6)21-12-15-9-8-10-16(11-15)14-25-19(2,3)4;/h8-11H,7,12-14H2,1-6H3,(H2,20,21,22);1H. The minimum atomic E-state index is -0.157. The van der Waals surface area contributed by atoms with Crippen LogP contribution < -0.4 is 10.6 Å². The van der Waals surface area contributed by atoms with Gasteiger partial charge in [-0.15, -0.1) is 24.0 Å². The summed E-state index contributed by atoms with van der Waals surface area (Å²) in [6, 6.07) is 8.21. The summed E-state index contributed by atoms with van der Waals surface area (Å²) < 4.78 is 5.82. The number of rotatable bonds is 7. The lowest BCUT2D eigenvalue weighted by Crippen LogP contribution is -2.42. The fourth-order valence-corrected chi connectivity index (χ4v) is 1.95. The van der Waals surface area contributed by atoms with Gasteiger partial charge in [-0.1, -0.05) is 24.3 Å². The number of halogens is 1. The normalized spacial score (nSPS) is 11.5. The van der Waals surface area contributed by atoms with Crippen molar-refractivity contribution >= 4 is 35.8 Å². The maximum Gasteiger partial charge on any atom is 0.241 e. The number of aliphatic imine (C=N–C) groups is 1. The van der Waals surface area contributed by atoms with Gasteiger partial charge in [0.2, 0.25) is 5.91 Å². The molecule has 0 spiro atoms.